The molecule has 0 bridgehead atoms. The van der Waals surface area contributed by atoms with Crippen LogP contribution >= 0.6 is 0 Å². The van der Waals surface area contributed by atoms with Crippen molar-refractivity contribution in [1.82, 2.24) is 19.3 Å². The van der Waals surface area contributed by atoms with Crippen molar-refractivity contribution in [1.29, 1.82) is 0 Å². The van der Waals surface area contributed by atoms with Crippen LogP contribution in [-0.4, -0.2) is 25.9 Å². The Hall–Kier alpha value is -1.85. The molecule has 18 heavy (non-hydrogen) atoms. The first kappa shape index (κ1) is 12.6. The Labute approximate surface area is 106 Å². The van der Waals surface area contributed by atoms with Gasteiger partial charge in [-0.05, 0) is 27.7 Å². The molecule has 0 fully saturated rings. The Morgan fingerprint density at radius 1 is 1.39 bits per heavy atom. The number of nitrogens with one attached hydrogen (secondary N) is 1. The lowest BCUT2D eigenvalue weighted by molar-refractivity contribution is 0.340. The molecule has 0 atom stereocenters. The van der Waals surface area contributed by atoms with Gasteiger partial charge in [0.1, 0.15) is 11.0 Å². The summed E-state index contributed by atoms with van der Waals surface area (Å²) in [6.45, 7) is 8.61. The van der Waals surface area contributed by atoms with E-state index in [-0.39, 0.29) is 11.1 Å². The van der Waals surface area contributed by atoms with Gasteiger partial charge >= 0.3 is 0 Å². The second-order valence-electron chi connectivity index (χ2n) is 5.29. The van der Waals surface area contributed by atoms with Crippen molar-refractivity contribution >= 4 is 17.0 Å². The highest BCUT2D eigenvalue weighted by atomic mass is 16.1. The van der Waals surface area contributed by atoms with Crippen LogP contribution in [0.4, 0.5) is 5.95 Å². The highest BCUT2D eigenvalue weighted by Crippen LogP contribution is 2.16. The van der Waals surface area contributed by atoms with E-state index in [9.17, 15) is 4.79 Å². The highest BCUT2D eigenvalue weighted by Gasteiger charge is 2.20. The van der Waals surface area contributed by atoms with Gasteiger partial charge in [0.2, 0.25) is 5.95 Å². The summed E-state index contributed by atoms with van der Waals surface area (Å²) >= 11 is 0. The number of hydrogen-bond acceptors (Lipinski definition) is 4. The molecule has 6 heteroatoms. The fourth-order valence-electron chi connectivity index (χ4n) is 1.92. The van der Waals surface area contributed by atoms with Crippen LogP contribution in [0.2, 0.25) is 0 Å². The molecule has 6 nitrogen and oxygen atoms in total. The summed E-state index contributed by atoms with van der Waals surface area (Å²) in [6.07, 6.45) is 1.64. The number of aryl methyl sites for hydroxylation is 1. The van der Waals surface area contributed by atoms with Gasteiger partial charge in [-0.15, -0.1) is 0 Å². The first-order chi connectivity index (χ1) is 8.36. The number of anilines is 1. The van der Waals surface area contributed by atoms with E-state index < -0.39 is 0 Å². The standard InChI is InChI=1S/C12H19N5O/c1-6-13-11-15-8-7-14-17(12(2,3)4)10(18)9(8)16(11)5/h7H,6H2,1-5H3,(H,13,15). The summed E-state index contributed by atoms with van der Waals surface area (Å²) in [6, 6.07) is 0. The van der Waals surface area contributed by atoms with Gasteiger partial charge in [-0.25, -0.2) is 9.67 Å². The lowest BCUT2D eigenvalue weighted by atomic mass is 10.1. The number of fused-ring (bicyclic) bond motifs is 1. The zero-order valence-electron chi connectivity index (χ0n) is 11.5. The second kappa shape index (κ2) is 4.12. The minimum Gasteiger partial charge on any atom is -0.356 e. The number of imidazole rings is 1. The molecule has 0 aliphatic carbocycles. The predicted molar refractivity (Wildman–Crippen MR) is 71.9 cm³/mol. The van der Waals surface area contributed by atoms with Crippen molar-refractivity contribution in [2.75, 3.05) is 11.9 Å². The molecule has 0 unspecified atom stereocenters. The second-order valence-corrected chi connectivity index (χ2v) is 5.29. The van der Waals surface area contributed by atoms with Crippen LogP contribution in [0.15, 0.2) is 11.0 Å². The molecule has 0 radical (unpaired) electrons. The summed E-state index contributed by atoms with van der Waals surface area (Å²) in [4.78, 5) is 16.8. The fraction of sp³-hybridized carbons (Fsp3) is 0.583. The molecule has 0 amide bonds. The van der Waals surface area contributed by atoms with Crippen LogP contribution in [-0.2, 0) is 12.6 Å². The van der Waals surface area contributed by atoms with Gasteiger partial charge < -0.3 is 9.88 Å². The van der Waals surface area contributed by atoms with Crippen LogP contribution in [0, 0.1) is 0 Å². The van der Waals surface area contributed by atoms with Crippen molar-refractivity contribution in [3.63, 3.8) is 0 Å². The average Bonchev–Trinajstić information content (AvgIpc) is 2.56. The molecule has 0 aliphatic heterocycles. The van der Waals surface area contributed by atoms with Crippen LogP contribution in [0.1, 0.15) is 27.7 Å². The van der Waals surface area contributed by atoms with E-state index in [1.807, 2.05) is 34.7 Å². The summed E-state index contributed by atoms with van der Waals surface area (Å²) in [5.41, 5.74) is 0.752. The zero-order chi connectivity index (χ0) is 13.5. The summed E-state index contributed by atoms with van der Waals surface area (Å²) < 4.78 is 3.28. The summed E-state index contributed by atoms with van der Waals surface area (Å²) in [7, 11) is 1.84. The lowest BCUT2D eigenvalue weighted by Crippen LogP contribution is -2.36. The van der Waals surface area contributed by atoms with E-state index in [1.165, 1.54) is 4.68 Å². The quantitative estimate of drug-likeness (QED) is 0.871. The summed E-state index contributed by atoms with van der Waals surface area (Å²) in [5, 5.41) is 7.32. The normalized spacial score (nSPS) is 12.1. The van der Waals surface area contributed by atoms with Gasteiger partial charge in [-0.3, -0.25) is 4.79 Å². The maximum absolute atomic E-state index is 12.4. The predicted octanol–water partition coefficient (Wildman–Crippen LogP) is 1.32. The van der Waals surface area contributed by atoms with Gasteiger partial charge in [-0.2, -0.15) is 5.10 Å². The summed E-state index contributed by atoms with van der Waals surface area (Å²) in [5.74, 6) is 0.693. The molecule has 2 aromatic heterocycles. The molecular formula is C12H19N5O. The Bertz CT molecular complexity index is 632. The van der Waals surface area contributed by atoms with E-state index in [0.717, 1.165) is 6.54 Å². The van der Waals surface area contributed by atoms with Crippen molar-refractivity contribution < 1.29 is 0 Å². The van der Waals surface area contributed by atoms with Gasteiger partial charge in [-0.1, -0.05) is 0 Å². The largest absolute Gasteiger partial charge is 0.356 e. The molecule has 0 spiro atoms. The number of hydrogen-bond donors (Lipinski definition) is 1. The van der Waals surface area contributed by atoms with Crippen LogP contribution in [0.3, 0.4) is 0 Å². The Morgan fingerprint density at radius 3 is 2.61 bits per heavy atom. The van der Waals surface area contributed by atoms with Crippen LogP contribution in [0.25, 0.3) is 11.0 Å². The molecule has 1 N–H and O–H groups in total. The van der Waals surface area contributed by atoms with Crippen LogP contribution < -0.4 is 10.9 Å². The minimum atomic E-state index is -0.339. The molecule has 98 valence electrons. The van der Waals surface area contributed by atoms with Crippen molar-refractivity contribution in [2.24, 2.45) is 7.05 Å². The Balaban J connectivity index is 2.75. The molecule has 0 aliphatic rings. The molecule has 0 saturated carbocycles. The molecule has 2 aromatic rings. The topological polar surface area (TPSA) is 64.7 Å². The molecule has 0 saturated heterocycles. The highest BCUT2D eigenvalue weighted by molar-refractivity contribution is 5.76. The third-order valence-electron chi connectivity index (χ3n) is 2.78. The number of rotatable bonds is 2. The van der Waals surface area contributed by atoms with E-state index in [1.54, 1.807) is 10.8 Å². The third kappa shape index (κ3) is 1.87. The maximum Gasteiger partial charge on any atom is 0.293 e. The minimum absolute atomic E-state index is 0.112. The van der Waals surface area contributed by atoms with Gasteiger partial charge in [0.15, 0.2) is 0 Å². The smallest absolute Gasteiger partial charge is 0.293 e. The Morgan fingerprint density at radius 2 is 2.06 bits per heavy atom. The maximum atomic E-state index is 12.4. The molecule has 0 aromatic carbocycles. The van der Waals surface area contributed by atoms with Gasteiger partial charge in [0.05, 0.1) is 11.7 Å². The van der Waals surface area contributed by atoms with Crippen LogP contribution in [0.5, 0.6) is 0 Å². The van der Waals surface area contributed by atoms with Gasteiger partial charge in [0.25, 0.3) is 5.56 Å². The lowest BCUT2D eigenvalue weighted by Gasteiger charge is -2.20. The third-order valence-corrected chi connectivity index (χ3v) is 2.78. The number of nitrogens with zero attached hydrogens (tertiary/aromatic N) is 4. The number of aromatic nitrogens is 4. The van der Waals surface area contributed by atoms with E-state index in [2.05, 4.69) is 15.4 Å². The van der Waals surface area contributed by atoms with E-state index in [4.69, 9.17) is 0 Å². The first-order valence-corrected chi connectivity index (χ1v) is 6.05. The van der Waals surface area contributed by atoms with E-state index >= 15 is 0 Å². The van der Waals surface area contributed by atoms with E-state index in [0.29, 0.717) is 17.0 Å². The Kier molecular flexibility index (Phi) is 2.88. The first-order valence-electron chi connectivity index (χ1n) is 6.05. The zero-order valence-corrected chi connectivity index (χ0v) is 11.5. The SMILES string of the molecule is CCNc1nc2cnn(C(C)(C)C)c(=O)c2n1C. The van der Waals surface area contributed by atoms with Crippen molar-refractivity contribution in [3.05, 3.63) is 16.6 Å². The molecular weight excluding hydrogens is 230 g/mol. The monoisotopic (exact) mass is 249 g/mol. The average molecular weight is 249 g/mol. The molecule has 2 rings (SSSR count). The fourth-order valence-corrected chi connectivity index (χ4v) is 1.92. The van der Waals surface area contributed by atoms with Crippen molar-refractivity contribution in [2.45, 2.75) is 33.2 Å². The van der Waals surface area contributed by atoms with Crippen molar-refractivity contribution in [3.8, 4) is 0 Å². The van der Waals surface area contributed by atoms with Gasteiger partial charge in [0, 0.05) is 13.6 Å². The molecule has 2 heterocycles.